The van der Waals surface area contributed by atoms with Crippen LogP contribution in [0, 0.1) is 0 Å². The van der Waals surface area contributed by atoms with Gasteiger partial charge in [0, 0.05) is 17.6 Å². The number of benzene rings is 1. The van der Waals surface area contributed by atoms with E-state index in [0.29, 0.717) is 23.1 Å². The first kappa shape index (κ1) is 19.1. The molecule has 0 saturated heterocycles. The topological polar surface area (TPSA) is 84.5 Å². The summed E-state index contributed by atoms with van der Waals surface area (Å²) in [6, 6.07) is 4.27. The van der Waals surface area contributed by atoms with Gasteiger partial charge in [-0.25, -0.2) is 17.9 Å². The summed E-state index contributed by atoms with van der Waals surface area (Å²) in [5.74, 6) is -0.483. The average Bonchev–Trinajstić information content (AvgIpc) is 2.46. The molecule has 8 heteroatoms. The maximum atomic E-state index is 12.2. The van der Waals surface area contributed by atoms with Gasteiger partial charge in [-0.15, -0.1) is 0 Å². The van der Waals surface area contributed by atoms with Crippen LogP contribution in [0.5, 0.6) is 0 Å². The van der Waals surface area contributed by atoms with E-state index >= 15 is 0 Å². The van der Waals surface area contributed by atoms with Crippen LogP contribution in [-0.4, -0.2) is 40.6 Å². The summed E-state index contributed by atoms with van der Waals surface area (Å²) in [5.41, 5.74) is 0.303. The number of hydrogen-bond donors (Lipinski definition) is 2. The van der Waals surface area contributed by atoms with Crippen molar-refractivity contribution in [2.75, 3.05) is 26.2 Å². The number of carbonyl (C=O) groups excluding carboxylic acids is 1. The average molecular weight is 393 g/mol. The van der Waals surface area contributed by atoms with Gasteiger partial charge in [-0.3, -0.25) is 0 Å². The zero-order valence-corrected chi connectivity index (χ0v) is 15.1. The molecular weight excluding hydrogens is 372 g/mol. The Kier molecular flexibility index (Phi) is 8.02. The number of nitrogens with one attached hydrogen (secondary N) is 2. The molecule has 0 spiro atoms. The van der Waals surface area contributed by atoms with Gasteiger partial charge in [0.05, 0.1) is 17.1 Å². The second-order valence-electron chi connectivity index (χ2n) is 4.51. The molecular formula is C14H21BrN2O4S. The van der Waals surface area contributed by atoms with Crippen molar-refractivity contribution < 1.29 is 17.9 Å². The molecule has 0 unspecified atom stereocenters. The van der Waals surface area contributed by atoms with Crippen molar-refractivity contribution in [2.45, 2.75) is 25.2 Å². The largest absolute Gasteiger partial charge is 0.462 e. The van der Waals surface area contributed by atoms with Crippen molar-refractivity contribution >= 4 is 31.9 Å². The van der Waals surface area contributed by atoms with Gasteiger partial charge < -0.3 is 10.1 Å². The first-order valence-corrected chi connectivity index (χ1v) is 9.37. The standard InChI is InChI=1S/C14H21BrN2O4S/c1-3-7-16-8-9-17-22(19,20)13-6-5-11(10-12(13)15)14(18)21-4-2/h5-6,10,16-17H,3-4,7-9H2,1-2H3. The molecule has 0 heterocycles. The summed E-state index contributed by atoms with van der Waals surface area (Å²) in [4.78, 5) is 11.7. The Bertz CT molecular complexity index is 605. The van der Waals surface area contributed by atoms with Gasteiger partial charge in [-0.1, -0.05) is 6.92 Å². The third kappa shape index (κ3) is 5.68. The number of sulfonamides is 1. The van der Waals surface area contributed by atoms with Crippen molar-refractivity contribution in [3.63, 3.8) is 0 Å². The summed E-state index contributed by atoms with van der Waals surface area (Å²) in [5, 5.41) is 3.11. The molecule has 124 valence electrons. The van der Waals surface area contributed by atoms with Crippen LogP contribution in [-0.2, 0) is 14.8 Å². The molecule has 1 rings (SSSR count). The zero-order valence-electron chi connectivity index (χ0n) is 12.7. The number of ether oxygens (including phenoxy) is 1. The highest BCUT2D eigenvalue weighted by molar-refractivity contribution is 9.10. The lowest BCUT2D eigenvalue weighted by atomic mass is 10.2. The van der Waals surface area contributed by atoms with E-state index in [1.807, 2.05) is 6.92 Å². The Balaban J connectivity index is 2.76. The lowest BCUT2D eigenvalue weighted by molar-refractivity contribution is 0.0526. The van der Waals surface area contributed by atoms with E-state index in [1.54, 1.807) is 6.92 Å². The molecule has 0 aromatic heterocycles. The second kappa shape index (κ2) is 9.24. The number of esters is 1. The summed E-state index contributed by atoms with van der Waals surface area (Å²) in [7, 11) is -3.62. The summed E-state index contributed by atoms with van der Waals surface area (Å²) in [6.45, 7) is 5.73. The first-order chi connectivity index (χ1) is 10.4. The zero-order chi connectivity index (χ0) is 16.6. The maximum Gasteiger partial charge on any atom is 0.338 e. The van der Waals surface area contributed by atoms with Gasteiger partial charge in [0.1, 0.15) is 0 Å². The van der Waals surface area contributed by atoms with Gasteiger partial charge in [-0.2, -0.15) is 0 Å². The van der Waals surface area contributed by atoms with E-state index in [4.69, 9.17) is 4.74 Å². The van der Waals surface area contributed by atoms with Gasteiger partial charge in [-0.05, 0) is 54.0 Å². The minimum atomic E-state index is -3.62. The van der Waals surface area contributed by atoms with Gasteiger partial charge in [0.25, 0.3) is 0 Å². The van der Waals surface area contributed by atoms with Crippen LogP contribution >= 0.6 is 15.9 Å². The maximum absolute atomic E-state index is 12.2. The van der Waals surface area contributed by atoms with Crippen LogP contribution in [0.3, 0.4) is 0 Å². The molecule has 0 bridgehead atoms. The van der Waals surface area contributed by atoms with Crippen LogP contribution in [0.4, 0.5) is 0 Å². The number of hydrogen-bond acceptors (Lipinski definition) is 5. The normalized spacial score (nSPS) is 11.4. The molecule has 0 saturated carbocycles. The Morgan fingerprint density at radius 1 is 1.23 bits per heavy atom. The quantitative estimate of drug-likeness (QED) is 0.495. The summed E-state index contributed by atoms with van der Waals surface area (Å²) < 4.78 is 32.1. The van der Waals surface area contributed by atoms with Crippen LogP contribution in [0.2, 0.25) is 0 Å². The van der Waals surface area contributed by atoms with E-state index in [0.717, 1.165) is 13.0 Å². The number of rotatable bonds is 9. The van der Waals surface area contributed by atoms with Gasteiger partial charge in [0.2, 0.25) is 10.0 Å². The lowest BCUT2D eigenvalue weighted by Crippen LogP contribution is -2.32. The molecule has 0 aliphatic heterocycles. The van der Waals surface area contributed by atoms with Gasteiger partial charge in [0.15, 0.2) is 0 Å². The van der Waals surface area contributed by atoms with Crippen LogP contribution in [0.15, 0.2) is 27.6 Å². The third-order valence-corrected chi connectivity index (χ3v) is 5.19. The van der Waals surface area contributed by atoms with E-state index in [-0.39, 0.29) is 11.5 Å². The Morgan fingerprint density at radius 2 is 1.95 bits per heavy atom. The number of carbonyl (C=O) groups is 1. The summed E-state index contributed by atoms with van der Waals surface area (Å²) in [6.07, 6.45) is 0.994. The van der Waals surface area contributed by atoms with Crippen molar-refractivity contribution in [1.82, 2.24) is 10.0 Å². The first-order valence-electron chi connectivity index (χ1n) is 7.09. The van der Waals surface area contributed by atoms with Crippen LogP contribution < -0.4 is 10.0 Å². The van der Waals surface area contributed by atoms with Crippen molar-refractivity contribution in [1.29, 1.82) is 0 Å². The van der Waals surface area contributed by atoms with E-state index in [2.05, 4.69) is 26.0 Å². The van der Waals surface area contributed by atoms with E-state index in [9.17, 15) is 13.2 Å². The fourth-order valence-electron chi connectivity index (χ4n) is 1.71. The highest BCUT2D eigenvalue weighted by Crippen LogP contribution is 2.23. The SMILES string of the molecule is CCCNCCNS(=O)(=O)c1ccc(C(=O)OCC)cc1Br. The monoisotopic (exact) mass is 392 g/mol. The minimum absolute atomic E-state index is 0.0936. The van der Waals surface area contributed by atoms with Gasteiger partial charge >= 0.3 is 5.97 Å². The number of halogens is 1. The smallest absolute Gasteiger partial charge is 0.338 e. The molecule has 0 atom stereocenters. The third-order valence-electron chi connectivity index (χ3n) is 2.75. The van der Waals surface area contributed by atoms with E-state index < -0.39 is 16.0 Å². The second-order valence-corrected chi connectivity index (χ2v) is 7.10. The fourth-order valence-corrected chi connectivity index (χ4v) is 3.82. The highest BCUT2D eigenvalue weighted by atomic mass is 79.9. The molecule has 0 amide bonds. The Hall–Kier alpha value is -0.960. The van der Waals surface area contributed by atoms with Crippen LogP contribution in [0.25, 0.3) is 0 Å². The summed E-state index contributed by atoms with van der Waals surface area (Å²) >= 11 is 3.19. The van der Waals surface area contributed by atoms with Crippen molar-refractivity contribution in [3.05, 3.63) is 28.2 Å². The Morgan fingerprint density at radius 3 is 2.55 bits per heavy atom. The molecule has 0 aliphatic rings. The molecule has 2 N–H and O–H groups in total. The molecule has 6 nitrogen and oxygen atoms in total. The predicted molar refractivity (Wildman–Crippen MR) is 88.4 cm³/mol. The fraction of sp³-hybridized carbons (Fsp3) is 0.500. The molecule has 0 radical (unpaired) electrons. The highest BCUT2D eigenvalue weighted by Gasteiger charge is 2.19. The van der Waals surface area contributed by atoms with Crippen molar-refractivity contribution in [2.24, 2.45) is 0 Å². The predicted octanol–water partition coefficient (Wildman–Crippen LogP) is 1.90. The molecule has 1 aromatic rings. The molecule has 1 aromatic carbocycles. The van der Waals surface area contributed by atoms with Crippen LogP contribution in [0.1, 0.15) is 30.6 Å². The van der Waals surface area contributed by atoms with E-state index in [1.165, 1.54) is 18.2 Å². The molecule has 22 heavy (non-hydrogen) atoms. The van der Waals surface area contributed by atoms with Crippen molar-refractivity contribution in [3.8, 4) is 0 Å². The molecule has 0 fully saturated rings. The minimum Gasteiger partial charge on any atom is -0.462 e. The Labute approximate surface area is 139 Å². The molecule has 0 aliphatic carbocycles. The lowest BCUT2D eigenvalue weighted by Gasteiger charge is -2.10.